The summed E-state index contributed by atoms with van der Waals surface area (Å²) in [5.74, 6) is -0.0447. The summed E-state index contributed by atoms with van der Waals surface area (Å²) in [6, 6.07) is 6.40. The van der Waals surface area contributed by atoms with Crippen LogP contribution >= 0.6 is 0 Å². The van der Waals surface area contributed by atoms with E-state index in [1.807, 2.05) is 0 Å². The van der Waals surface area contributed by atoms with Crippen molar-refractivity contribution < 1.29 is 22.6 Å². The lowest BCUT2D eigenvalue weighted by Crippen LogP contribution is -2.48. The Labute approximate surface area is 125 Å². The van der Waals surface area contributed by atoms with Gasteiger partial charge in [0.2, 0.25) is 10.0 Å². The third-order valence-corrected chi connectivity index (χ3v) is 5.84. The predicted octanol–water partition coefficient (Wildman–Crippen LogP) is 1.47. The number of hydrogen-bond acceptors (Lipinski definition) is 5. The second kappa shape index (κ2) is 6.31. The fourth-order valence-electron chi connectivity index (χ4n) is 2.46. The van der Waals surface area contributed by atoms with Crippen LogP contribution in [0.15, 0.2) is 29.2 Å². The van der Waals surface area contributed by atoms with Crippen LogP contribution in [0.3, 0.4) is 0 Å². The fraction of sp³-hybridized carbons (Fsp3) is 0.571. The first-order chi connectivity index (χ1) is 9.97. The van der Waals surface area contributed by atoms with Crippen LogP contribution in [0.4, 0.5) is 0 Å². The van der Waals surface area contributed by atoms with Crippen molar-refractivity contribution in [2.75, 3.05) is 34.4 Å². The molecule has 0 aromatic heterocycles. The van der Waals surface area contributed by atoms with E-state index in [4.69, 9.17) is 14.2 Å². The number of rotatable bonds is 5. The minimum atomic E-state index is -3.49. The highest BCUT2D eigenvalue weighted by molar-refractivity contribution is 7.89. The van der Waals surface area contributed by atoms with E-state index in [0.29, 0.717) is 31.7 Å². The number of methoxy groups -OCH3 is 3. The van der Waals surface area contributed by atoms with Crippen molar-refractivity contribution in [2.45, 2.75) is 23.5 Å². The Morgan fingerprint density at radius 3 is 1.95 bits per heavy atom. The summed E-state index contributed by atoms with van der Waals surface area (Å²) in [5, 5.41) is 0. The van der Waals surface area contributed by atoms with Gasteiger partial charge in [0.1, 0.15) is 5.75 Å². The number of sulfonamides is 1. The van der Waals surface area contributed by atoms with E-state index < -0.39 is 15.8 Å². The lowest BCUT2D eigenvalue weighted by molar-refractivity contribution is -0.224. The van der Waals surface area contributed by atoms with Gasteiger partial charge >= 0.3 is 0 Å². The highest BCUT2D eigenvalue weighted by Crippen LogP contribution is 2.30. The average Bonchev–Trinajstić information content (AvgIpc) is 2.55. The smallest absolute Gasteiger partial charge is 0.243 e. The molecule has 1 aliphatic heterocycles. The van der Waals surface area contributed by atoms with E-state index in [9.17, 15) is 8.42 Å². The van der Waals surface area contributed by atoms with Gasteiger partial charge in [-0.1, -0.05) is 0 Å². The van der Waals surface area contributed by atoms with Crippen LogP contribution in [0, 0.1) is 0 Å². The van der Waals surface area contributed by atoms with E-state index >= 15 is 0 Å². The molecule has 0 N–H and O–H groups in total. The van der Waals surface area contributed by atoms with Gasteiger partial charge in [0.15, 0.2) is 5.79 Å². The molecule has 0 radical (unpaired) electrons. The van der Waals surface area contributed by atoms with E-state index in [1.165, 1.54) is 4.31 Å². The van der Waals surface area contributed by atoms with Crippen molar-refractivity contribution in [1.29, 1.82) is 0 Å². The van der Waals surface area contributed by atoms with Crippen molar-refractivity contribution >= 4 is 10.0 Å². The number of hydrogen-bond donors (Lipinski definition) is 0. The van der Waals surface area contributed by atoms with Gasteiger partial charge in [-0.25, -0.2) is 8.42 Å². The van der Waals surface area contributed by atoms with Crippen molar-refractivity contribution in [3.63, 3.8) is 0 Å². The van der Waals surface area contributed by atoms with Gasteiger partial charge in [-0.05, 0) is 24.3 Å². The molecular formula is C14H21NO5S. The summed E-state index contributed by atoms with van der Waals surface area (Å²) in [5.41, 5.74) is 0. The van der Waals surface area contributed by atoms with Crippen LogP contribution < -0.4 is 4.74 Å². The second-order valence-corrected chi connectivity index (χ2v) is 6.84. The Morgan fingerprint density at radius 1 is 1.00 bits per heavy atom. The molecule has 2 rings (SSSR count). The molecule has 6 nitrogen and oxygen atoms in total. The van der Waals surface area contributed by atoms with Crippen LogP contribution in [0.1, 0.15) is 12.8 Å². The molecule has 1 aliphatic rings. The summed E-state index contributed by atoms with van der Waals surface area (Å²) in [7, 11) is 1.22. The normalized spacial score (nSPS) is 19.4. The molecule has 7 heteroatoms. The maximum Gasteiger partial charge on any atom is 0.243 e. The van der Waals surface area contributed by atoms with E-state index in [1.54, 1.807) is 45.6 Å². The molecule has 1 aromatic carbocycles. The largest absolute Gasteiger partial charge is 0.497 e. The zero-order valence-corrected chi connectivity index (χ0v) is 13.4. The minimum Gasteiger partial charge on any atom is -0.497 e. The predicted molar refractivity (Wildman–Crippen MR) is 77.7 cm³/mol. The van der Waals surface area contributed by atoms with Crippen molar-refractivity contribution in [2.24, 2.45) is 0 Å². The SMILES string of the molecule is COc1ccc(S(=O)(=O)N2CCC(OC)(OC)CC2)cc1. The Morgan fingerprint density at radius 2 is 1.52 bits per heavy atom. The first kappa shape index (κ1) is 16.2. The van der Waals surface area contributed by atoms with Gasteiger partial charge in [-0.2, -0.15) is 4.31 Å². The van der Waals surface area contributed by atoms with Crippen molar-refractivity contribution in [3.05, 3.63) is 24.3 Å². The van der Waals surface area contributed by atoms with E-state index in [-0.39, 0.29) is 4.90 Å². The molecular weight excluding hydrogens is 294 g/mol. The molecule has 0 saturated carbocycles. The number of ether oxygens (including phenoxy) is 3. The molecule has 0 amide bonds. The molecule has 0 spiro atoms. The maximum atomic E-state index is 12.6. The Kier molecular flexibility index (Phi) is 4.88. The Hall–Kier alpha value is -1.15. The monoisotopic (exact) mass is 315 g/mol. The van der Waals surface area contributed by atoms with Crippen molar-refractivity contribution in [1.82, 2.24) is 4.31 Å². The fourth-order valence-corrected chi connectivity index (χ4v) is 3.90. The Bertz CT molecular complexity index is 556. The van der Waals surface area contributed by atoms with Gasteiger partial charge in [-0.3, -0.25) is 0 Å². The number of nitrogens with zero attached hydrogens (tertiary/aromatic N) is 1. The van der Waals surface area contributed by atoms with Crippen LogP contribution in [0.25, 0.3) is 0 Å². The average molecular weight is 315 g/mol. The summed E-state index contributed by atoms with van der Waals surface area (Å²) in [6.07, 6.45) is 1.02. The quantitative estimate of drug-likeness (QED) is 0.770. The lowest BCUT2D eigenvalue weighted by Gasteiger charge is -2.38. The molecule has 21 heavy (non-hydrogen) atoms. The van der Waals surface area contributed by atoms with E-state index in [2.05, 4.69) is 0 Å². The lowest BCUT2D eigenvalue weighted by atomic mass is 10.1. The van der Waals surface area contributed by atoms with Crippen LogP contribution in [-0.4, -0.2) is 52.9 Å². The molecule has 1 heterocycles. The van der Waals surface area contributed by atoms with Gasteiger partial charge in [0.05, 0.1) is 12.0 Å². The van der Waals surface area contributed by atoms with Crippen LogP contribution in [-0.2, 0) is 19.5 Å². The van der Waals surface area contributed by atoms with Gasteiger partial charge in [0, 0.05) is 40.2 Å². The minimum absolute atomic E-state index is 0.269. The molecule has 0 bridgehead atoms. The summed E-state index contributed by atoms with van der Waals surface area (Å²) >= 11 is 0. The van der Waals surface area contributed by atoms with E-state index in [0.717, 1.165) is 0 Å². The molecule has 118 valence electrons. The standard InChI is InChI=1S/C14H21NO5S/c1-18-12-4-6-13(7-5-12)21(16,17)15-10-8-14(19-2,20-3)9-11-15/h4-7H,8-11H2,1-3H3. The molecule has 1 fully saturated rings. The van der Waals surface area contributed by atoms with Crippen molar-refractivity contribution in [3.8, 4) is 5.75 Å². The second-order valence-electron chi connectivity index (χ2n) is 4.90. The third kappa shape index (κ3) is 3.21. The first-order valence-corrected chi connectivity index (χ1v) is 8.16. The van der Waals surface area contributed by atoms with Gasteiger partial charge in [-0.15, -0.1) is 0 Å². The Balaban J connectivity index is 2.14. The van der Waals surface area contributed by atoms with Gasteiger partial charge in [0.25, 0.3) is 0 Å². The zero-order valence-electron chi connectivity index (χ0n) is 12.5. The highest BCUT2D eigenvalue weighted by atomic mass is 32.2. The summed E-state index contributed by atoms with van der Waals surface area (Å²) < 4.78 is 42.4. The topological polar surface area (TPSA) is 65.1 Å². The highest BCUT2D eigenvalue weighted by Gasteiger charge is 2.38. The first-order valence-electron chi connectivity index (χ1n) is 6.72. The zero-order chi connectivity index (χ0) is 15.5. The molecule has 0 aliphatic carbocycles. The number of benzene rings is 1. The van der Waals surface area contributed by atoms with Crippen LogP contribution in [0.5, 0.6) is 5.75 Å². The number of piperidine rings is 1. The molecule has 0 unspecified atom stereocenters. The summed E-state index contributed by atoms with van der Waals surface area (Å²) in [4.78, 5) is 0.269. The summed E-state index contributed by atoms with van der Waals surface area (Å²) in [6.45, 7) is 0.742. The third-order valence-electron chi connectivity index (χ3n) is 3.93. The molecule has 0 atom stereocenters. The van der Waals surface area contributed by atoms with Crippen LogP contribution in [0.2, 0.25) is 0 Å². The molecule has 1 saturated heterocycles. The van der Waals surface area contributed by atoms with Gasteiger partial charge < -0.3 is 14.2 Å². The maximum absolute atomic E-state index is 12.6. The molecule has 1 aromatic rings.